The fourth-order valence-corrected chi connectivity index (χ4v) is 2.48. The van der Waals surface area contributed by atoms with Gasteiger partial charge in [0.1, 0.15) is 17.5 Å². The van der Waals surface area contributed by atoms with Crippen molar-refractivity contribution in [3.8, 4) is 11.5 Å². The van der Waals surface area contributed by atoms with E-state index in [0.717, 1.165) is 19.6 Å². The van der Waals surface area contributed by atoms with Crippen molar-refractivity contribution in [2.45, 2.75) is 26.3 Å². The molecule has 0 fully saturated rings. The second-order valence-electron chi connectivity index (χ2n) is 5.69. The van der Waals surface area contributed by atoms with Crippen LogP contribution in [0.2, 0.25) is 0 Å². The number of hydrogen-bond acceptors (Lipinski definition) is 6. The minimum Gasteiger partial charge on any atom is -0.497 e. The van der Waals surface area contributed by atoms with Crippen LogP contribution in [0.1, 0.15) is 20.3 Å². The second kappa shape index (κ2) is 11.3. The van der Waals surface area contributed by atoms with Gasteiger partial charge in [0.25, 0.3) is 0 Å². The lowest BCUT2D eigenvalue weighted by Gasteiger charge is -2.20. The van der Waals surface area contributed by atoms with Gasteiger partial charge in [-0.15, -0.1) is 0 Å². The molecule has 0 saturated carbocycles. The normalized spacial score (nSPS) is 11.9. The van der Waals surface area contributed by atoms with Crippen molar-refractivity contribution in [1.29, 1.82) is 0 Å². The highest BCUT2D eigenvalue weighted by Gasteiger charge is 2.21. The van der Waals surface area contributed by atoms with Gasteiger partial charge >= 0.3 is 5.97 Å². The van der Waals surface area contributed by atoms with E-state index in [1.165, 1.54) is 14.2 Å². The number of rotatable bonds is 12. The molecule has 0 spiro atoms. The van der Waals surface area contributed by atoms with Crippen molar-refractivity contribution in [2.75, 3.05) is 45.7 Å². The van der Waals surface area contributed by atoms with E-state index in [1.807, 2.05) is 13.8 Å². The maximum atomic E-state index is 12.3. The van der Waals surface area contributed by atoms with Gasteiger partial charge in [0.2, 0.25) is 5.91 Å². The van der Waals surface area contributed by atoms with Gasteiger partial charge in [0.15, 0.2) is 0 Å². The lowest BCUT2D eigenvalue weighted by atomic mass is 10.2. The lowest BCUT2D eigenvalue weighted by Crippen LogP contribution is -2.43. The maximum absolute atomic E-state index is 12.3. The predicted octanol–water partition coefficient (Wildman–Crippen LogP) is 1.42. The van der Waals surface area contributed by atoms with Crippen molar-refractivity contribution < 1.29 is 24.2 Å². The molecule has 0 heterocycles. The Bertz CT molecular complexity index is 590. The molecule has 1 aromatic carbocycles. The van der Waals surface area contributed by atoms with Crippen LogP contribution < -0.4 is 20.1 Å². The van der Waals surface area contributed by atoms with Gasteiger partial charge < -0.3 is 30.1 Å². The largest absolute Gasteiger partial charge is 0.497 e. The minimum atomic E-state index is -1.06. The van der Waals surface area contributed by atoms with Crippen LogP contribution in [0, 0.1) is 0 Å². The number of nitrogens with zero attached hydrogens (tertiary/aromatic N) is 1. The molecule has 0 radical (unpaired) electrons. The molecule has 0 aliphatic heterocycles. The van der Waals surface area contributed by atoms with Gasteiger partial charge in [0, 0.05) is 19.2 Å². The number of amides is 1. The molecule has 146 valence electrons. The summed E-state index contributed by atoms with van der Waals surface area (Å²) in [4.78, 5) is 25.9. The number of hydrogen-bond donors (Lipinski definition) is 3. The summed E-state index contributed by atoms with van der Waals surface area (Å²) in [5.74, 6) is -0.439. The summed E-state index contributed by atoms with van der Waals surface area (Å²) >= 11 is 0. The van der Waals surface area contributed by atoms with Crippen LogP contribution in [0.4, 0.5) is 5.69 Å². The summed E-state index contributed by atoms with van der Waals surface area (Å²) < 4.78 is 10.3. The highest BCUT2D eigenvalue weighted by atomic mass is 16.5. The predicted molar refractivity (Wildman–Crippen MR) is 100 cm³/mol. The quantitative estimate of drug-likeness (QED) is 0.514. The van der Waals surface area contributed by atoms with Crippen molar-refractivity contribution >= 4 is 17.6 Å². The molecule has 26 heavy (non-hydrogen) atoms. The minimum absolute atomic E-state index is 0.187. The molecule has 0 saturated heterocycles. The zero-order valence-electron chi connectivity index (χ0n) is 15.9. The van der Waals surface area contributed by atoms with Crippen LogP contribution in [-0.2, 0) is 9.59 Å². The summed E-state index contributed by atoms with van der Waals surface area (Å²) in [6, 6.07) is 4.05. The lowest BCUT2D eigenvalue weighted by molar-refractivity contribution is -0.141. The van der Waals surface area contributed by atoms with E-state index in [0.29, 0.717) is 23.7 Å². The first-order chi connectivity index (χ1) is 12.4. The molecule has 0 aliphatic rings. The van der Waals surface area contributed by atoms with Gasteiger partial charge in [-0.25, -0.2) is 0 Å². The van der Waals surface area contributed by atoms with Crippen LogP contribution >= 0.6 is 0 Å². The van der Waals surface area contributed by atoms with Crippen molar-refractivity contribution in [2.24, 2.45) is 0 Å². The smallest absolute Gasteiger partial charge is 0.321 e. The fraction of sp³-hybridized carbons (Fsp3) is 0.556. The number of nitrogens with one attached hydrogen (secondary N) is 2. The van der Waals surface area contributed by atoms with E-state index in [4.69, 9.17) is 9.47 Å². The van der Waals surface area contributed by atoms with Gasteiger partial charge in [-0.05, 0) is 25.2 Å². The molecule has 1 atom stereocenters. The van der Waals surface area contributed by atoms with Crippen molar-refractivity contribution in [3.05, 3.63) is 18.2 Å². The van der Waals surface area contributed by atoms with E-state index in [2.05, 4.69) is 15.5 Å². The van der Waals surface area contributed by atoms with Crippen LogP contribution in [0.5, 0.6) is 11.5 Å². The average molecular weight is 367 g/mol. The van der Waals surface area contributed by atoms with Gasteiger partial charge in [-0.2, -0.15) is 0 Å². The number of benzene rings is 1. The number of ether oxygens (including phenoxy) is 2. The molecule has 8 heteroatoms. The number of carbonyl (C=O) groups excluding carboxylic acids is 1. The molecular formula is C18H29N3O5. The Balaban J connectivity index is 2.66. The Morgan fingerprint density at radius 2 is 1.88 bits per heavy atom. The number of aliphatic carboxylic acids is 1. The molecule has 0 aliphatic carbocycles. The third-order valence-electron chi connectivity index (χ3n) is 4.08. The Labute approximate surface area is 154 Å². The Morgan fingerprint density at radius 3 is 2.42 bits per heavy atom. The van der Waals surface area contributed by atoms with Gasteiger partial charge in [-0.3, -0.25) is 9.59 Å². The third-order valence-corrected chi connectivity index (χ3v) is 4.08. The highest BCUT2D eigenvalue weighted by molar-refractivity contribution is 5.95. The number of carboxylic acid groups (broad SMARTS) is 1. The fourth-order valence-electron chi connectivity index (χ4n) is 2.48. The number of likely N-dealkylation sites (N-methyl/N-ethyl adjacent to an activating group) is 1. The Kier molecular flexibility index (Phi) is 9.46. The molecule has 0 aromatic heterocycles. The van der Waals surface area contributed by atoms with Gasteiger partial charge in [-0.1, -0.05) is 13.8 Å². The van der Waals surface area contributed by atoms with E-state index < -0.39 is 17.9 Å². The van der Waals surface area contributed by atoms with Crippen LogP contribution in [0.15, 0.2) is 18.2 Å². The summed E-state index contributed by atoms with van der Waals surface area (Å²) in [5, 5.41) is 15.0. The monoisotopic (exact) mass is 367 g/mol. The summed E-state index contributed by atoms with van der Waals surface area (Å²) in [6.45, 7) is 7.11. The molecular weight excluding hydrogens is 338 g/mol. The Hall–Kier alpha value is -2.32. The van der Waals surface area contributed by atoms with E-state index in [9.17, 15) is 14.7 Å². The first kappa shape index (κ1) is 21.7. The number of methoxy groups -OCH3 is 2. The SMILES string of the molecule is CCN(CC)CCN[C@@H](CC(=O)Nc1cc(OC)ccc1OC)C(=O)O. The van der Waals surface area contributed by atoms with Gasteiger partial charge in [0.05, 0.1) is 26.3 Å². The van der Waals surface area contributed by atoms with Crippen LogP contribution in [-0.4, -0.2) is 68.3 Å². The standard InChI is InChI=1S/C18H29N3O5/c1-5-21(6-2)10-9-19-15(18(23)24)12-17(22)20-14-11-13(25-3)7-8-16(14)26-4/h7-8,11,15,19H,5-6,9-10,12H2,1-4H3,(H,20,22)(H,23,24)/t15-/m0/s1. The highest BCUT2D eigenvalue weighted by Crippen LogP contribution is 2.29. The first-order valence-corrected chi connectivity index (χ1v) is 8.65. The molecule has 1 amide bonds. The topological polar surface area (TPSA) is 100 Å². The summed E-state index contributed by atoms with van der Waals surface area (Å²) in [6.07, 6.45) is -0.187. The van der Waals surface area contributed by atoms with Crippen LogP contribution in [0.25, 0.3) is 0 Å². The third kappa shape index (κ3) is 6.89. The van der Waals surface area contributed by atoms with E-state index in [-0.39, 0.29) is 6.42 Å². The zero-order chi connectivity index (χ0) is 19.5. The summed E-state index contributed by atoms with van der Waals surface area (Å²) in [5.41, 5.74) is 0.434. The second-order valence-corrected chi connectivity index (χ2v) is 5.69. The molecule has 8 nitrogen and oxygen atoms in total. The maximum Gasteiger partial charge on any atom is 0.321 e. The average Bonchev–Trinajstić information content (AvgIpc) is 2.63. The zero-order valence-corrected chi connectivity index (χ0v) is 15.9. The number of anilines is 1. The van der Waals surface area contributed by atoms with Crippen molar-refractivity contribution in [3.63, 3.8) is 0 Å². The number of carboxylic acids is 1. The number of carbonyl (C=O) groups is 2. The molecule has 0 bridgehead atoms. The first-order valence-electron chi connectivity index (χ1n) is 8.65. The van der Waals surface area contributed by atoms with E-state index in [1.54, 1.807) is 18.2 Å². The summed E-state index contributed by atoms with van der Waals surface area (Å²) in [7, 11) is 3.01. The van der Waals surface area contributed by atoms with Crippen molar-refractivity contribution in [1.82, 2.24) is 10.2 Å². The van der Waals surface area contributed by atoms with E-state index >= 15 is 0 Å². The molecule has 1 rings (SSSR count). The Morgan fingerprint density at radius 1 is 1.19 bits per heavy atom. The molecule has 0 unspecified atom stereocenters. The molecule has 3 N–H and O–H groups in total. The van der Waals surface area contributed by atoms with Crippen LogP contribution in [0.3, 0.4) is 0 Å². The molecule has 1 aromatic rings.